The van der Waals surface area contributed by atoms with E-state index in [1.54, 1.807) is 25.4 Å². The quantitative estimate of drug-likeness (QED) is 0.759. The first kappa shape index (κ1) is 14.4. The molecule has 0 atom stereocenters. The normalized spacial score (nSPS) is 10.7. The fourth-order valence-corrected chi connectivity index (χ4v) is 2.37. The van der Waals surface area contributed by atoms with Crippen molar-refractivity contribution in [3.8, 4) is 5.75 Å². The van der Waals surface area contributed by atoms with Gasteiger partial charge in [-0.2, -0.15) is 0 Å². The lowest BCUT2D eigenvalue weighted by atomic mass is 10.1. The van der Waals surface area contributed by atoms with Gasteiger partial charge in [0.05, 0.1) is 17.7 Å². The number of aromatic amines is 1. The van der Waals surface area contributed by atoms with Crippen LogP contribution in [0.15, 0.2) is 42.6 Å². The largest absolute Gasteiger partial charge is 0.497 e. The van der Waals surface area contributed by atoms with Gasteiger partial charge in [-0.15, -0.1) is 0 Å². The molecule has 2 N–H and O–H groups in total. The molecule has 0 aliphatic carbocycles. The molecule has 2 aromatic carbocycles. The molecule has 0 unspecified atom stereocenters. The number of hydrogen-bond donors (Lipinski definition) is 2. The molecule has 0 fully saturated rings. The number of amides is 1. The third-order valence-corrected chi connectivity index (χ3v) is 3.60. The maximum absolute atomic E-state index is 13.1. The SMILES string of the molecule is COc1ccc2[nH]cc(C(=O)Nc3ccc(F)c(Cl)c3)c2c1. The zero-order chi connectivity index (χ0) is 15.7. The number of carbonyl (C=O) groups excluding carboxylic acids is 1. The summed E-state index contributed by atoms with van der Waals surface area (Å²) in [6.07, 6.45) is 1.62. The Morgan fingerprint density at radius 3 is 2.82 bits per heavy atom. The zero-order valence-electron chi connectivity index (χ0n) is 11.6. The summed E-state index contributed by atoms with van der Waals surface area (Å²) in [5.74, 6) is -0.190. The predicted octanol–water partition coefficient (Wildman–Crippen LogP) is 4.22. The summed E-state index contributed by atoms with van der Waals surface area (Å²) < 4.78 is 18.3. The van der Waals surface area contributed by atoms with E-state index in [4.69, 9.17) is 16.3 Å². The summed E-state index contributed by atoms with van der Waals surface area (Å²) in [4.78, 5) is 15.4. The Hall–Kier alpha value is -2.53. The van der Waals surface area contributed by atoms with Crippen molar-refractivity contribution in [3.63, 3.8) is 0 Å². The number of ether oxygens (including phenoxy) is 1. The van der Waals surface area contributed by atoms with Crippen LogP contribution in [0.4, 0.5) is 10.1 Å². The second-order valence-corrected chi connectivity index (χ2v) is 5.10. The van der Waals surface area contributed by atoms with Gasteiger partial charge in [0.15, 0.2) is 0 Å². The Kier molecular flexibility index (Phi) is 3.73. The second kappa shape index (κ2) is 5.69. The van der Waals surface area contributed by atoms with Crippen molar-refractivity contribution in [2.24, 2.45) is 0 Å². The zero-order valence-corrected chi connectivity index (χ0v) is 12.4. The highest BCUT2D eigenvalue weighted by molar-refractivity contribution is 6.31. The van der Waals surface area contributed by atoms with Gasteiger partial charge in [0.1, 0.15) is 11.6 Å². The van der Waals surface area contributed by atoms with Gasteiger partial charge in [-0.05, 0) is 36.4 Å². The Balaban J connectivity index is 1.93. The van der Waals surface area contributed by atoms with Gasteiger partial charge in [0.2, 0.25) is 0 Å². The molecule has 1 heterocycles. The average Bonchev–Trinajstić information content (AvgIpc) is 2.94. The van der Waals surface area contributed by atoms with Crippen LogP contribution in [-0.2, 0) is 0 Å². The summed E-state index contributed by atoms with van der Waals surface area (Å²) in [6.45, 7) is 0. The van der Waals surface area contributed by atoms with E-state index < -0.39 is 5.82 Å². The molecule has 0 aliphatic rings. The highest BCUT2D eigenvalue weighted by atomic mass is 35.5. The molecule has 0 aliphatic heterocycles. The van der Waals surface area contributed by atoms with E-state index in [2.05, 4.69) is 10.3 Å². The summed E-state index contributed by atoms with van der Waals surface area (Å²) in [5, 5.41) is 3.39. The second-order valence-electron chi connectivity index (χ2n) is 4.70. The Morgan fingerprint density at radius 2 is 2.09 bits per heavy atom. The van der Waals surface area contributed by atoms with Crippen LogP contribution in [0, 0.1) is 5.82 Å². The van der Waals surface area contributed by atoms with Gasteiger partial charge in [0.25, 0.3) is 5.91 Å². The lowest BCUT2D eigenvalue weighted by Gasteiger charge is -2.06. The smallest absolute Gasteiger partial charge is 0.257 e. The van der Waals surface area contributed by atoms with E-state index >= 15 is 0 Å². The number of carbonyl (C=O) groups is 1. The molecule has 3 aromatic rings. The number of hydrogen-bond acceptors (Lipinski definition) is 2. The summed E-state index contributed by atoms with van der Waals surface area (Å²) >= 11 is 5.71. The molecule has 6 heteroatoms. The number of methoxy groups -OCH3 is 1. The number of rotatable bonds is 3. The summed E-state index contributed by atoms with van der Waals surface area (Å²) in [5.41, 5.74) is 1.71. The molecule has 22 heavy (non-hydrogen) atoms. The third kappa shape index (κ3) is 2.63. The van der Waals surface area contributed by atoms with Gasteiger partial charge in [-0.3, -0.25) is 4.79 Å². The van der Waals surface area contributed by atoms with Gasteiger partial charge in [-0.1, -0.05) is 11.6 Å². The molecule has 112 valence electrons. The van der Waals surface area contributed by atoms with Crippen LogP contribution < -0.4 is 10.1 Å². The molecule has 0 saturated carbocycles. The topological polar surface area (TPSA) is 54.1 Å². The van der Waals surface area contributed by atoms with Crippen LogP contribution in [0.3, 0.4) is 0 Å². The maximum atomic E-state index is 13.1. The molecule has 0 radical (unpaired) electrons. The molecular weight excluding hydrogens is 307 g/mol. The molecule has 1 amide bonds. The number of nitrogens with one attached hydrogen (secondary N) is 2. The van der Waals surface area contributed by atoms with Crippen molar-refractivity contribution in [3.05, 3.63) is 59.0 Å². The molecule has 0 spiro atoms. The van der Waals surface area contributed by atoms with Crippen LogP contribution >= 0.6 is 11.6 Å². The van der Waals surface area contributed by atoms with Crippen molar-refractivity contribution in [2.75, 3.05) is 12.4 Å². The van der Waals surface area contributed by atoms with E-state index in [9.17, 15) is 9.18 Å². The van der Waals surface area contributed by atoms with E-state index in [0.29, 0.717) is 17.0 Å². The van der Waals surface area contributed by atoms with E-state index in [0.717, 1.165) is 10.9 Å². The number of anilines is 1. The Morgan fingerprint density at radius 1 is 1.27 bits per heavy atom. The first-order valence-electron chi connectivity index (χ1n) is 6.50. The fourth-order valence-electron chi connectivity index (χ4n) is 2.19. The van der Waals surface area contributed by atoms with Crippen molar-refractivity contribution in [1.82, 2.24) is 4.98 Å². The van der Waals surface area contributed by atoms with Gasteiger partial charge >= 0.3 is 0 Å². The molecule has 0 bridgehead atoms. The summed E-state index contributed by atoms with van der Waals surface area (Å²) in [7, 11) is 1.56. The minimum Gasteiger partial charge on any atom is -0.497 e. The molecule has 3 rings (SSSR count). The van der Waals surface area contributed by atoms with E-state index in [1.807, 2.05) is 6.07 Å². The standard InChI is InChI=1S/C16H12ClFN2O2/c1-22-10-3-5-15-11(7-10)12(8-19-15)16(21)20-9-2-4-14(18)13(17)6-9/h2-8,19H,1H3,(H,20,21). The number of H-pyrrole nitrogens is 1. The fraction of sp³-hybridized carbons (Fsp3) is 0.0625. The van der Waals surface area contributed by atoms with Gasteiger partial charge < -0.3 is 15.0 Å². The van der Waals surface area contributed by atoms with Crippen LogP contribution in [0.2, 0.25) is 5.02 Å². The van der Waals surface area contributed by atoms with Crippen LogP contribution in [0.25, 0.3) is 10.9 Å². The first-order valence-corrected chi connectivity index (χ1v) is 6.88. The highest BCUT2D eigenvalue weighted by Gasteiger charge is 2.13. The Bertz CT molecular complexity index is 860. The number of aromatic nitrogens is 1. The predicted molar refractivity (Wildman–Crippen MR) is 84.2 cm³/mol. The van der Waals surface area contributed by atoms with Crippen LogP contribution in [-0.4, -0.2) is 18.0 Å². The lowest BCUT2D eigenvalue weighted by molar-refractivity contribution is 0.102. The summed E-state index contributed by atoms with van der Waals surface area (Å²) in [6, 6.07) is 9.44. The molecule has 0 saturated heterocycles. The molecular formula is C16H12ClFN2O2. The minimum absolute atomic E-state index is 0.0432. The highest BCUT2D eigenvalue weighted by Crippen LogP contribution is 2.25. The lowest BCUT2D eigenvalue weighted by Crippen LogP contribution is -2.11. The monoisotopic (exact) mass is 318 g/mol. The minimum atomic E-state index is -0.531. The van der Waals surface area contributed by atoms with Crippen molar-refractivity contribution in [2.45, 2.75) is 0 Å². The molecule has 1 aromatic heterocycles. The number of halogens is 2. The maximum Gasteiger partial charge on any atom is 0.257 e. The van der Waals surface area contributed by atoms with Gasteiger partial charge in [-0.25, -0.2) is 4.39 Å². The van der Waals surface area contributed by atoms with Crippen molar-refractivity contribution in [1.29, 1.82) is 0 Å². The number of fused-ring (bicyclic) bond motifs is 1. The first-order chi connectivity index (χ1) is 10.6. The van der Waals surface area contributed by atoms with Gasteiger partial charge in [0, 0.05) is 22.8 Å². The number of benzene rings is 2. The van der Waals surface area contributed by atoms with Crippen molar-refractivity contribution < 1.29 is 13.9 Å². The Labute approximate surface area is 130 Å². The third-order valence-electron chi connectivity index (χ3n) is 3.31. The molecule has 4 nitrogen and oxygen atoms in total. The van der Waals surface area contributed by atoms with Crippen molar-refractivity contribution >= 4 is 34.1 Å². The van der Waals surface area contributed by atoms with E-state index in [-0.39, 0.29) is 10.9 Å². The van der Waals surface area contributed by atoms with Crippen LogP contribution in [0.1, 0.15) is 10.4 Å². The van der Waals surface area contributed by atoms with E-state index in [1.165, 1.54) is 18.2 Å². The van der Waals surface area contributed by atoms with Crippen LogP contribution in [0.5, 0.6) is 5.75 Å². The average molecular weight is 319 g/mol.